The Hall–Kier alpha value is -1.72. The summed E-state index contributed by atoms with van der Waals surface area (Å²) in [6.45, 7) is 4.06. The predicted molar refractivity (Wildman–Crippen MR) is 83.2 cm³/mol. The molecular formula is C15H14ClNO3S. The fourth-order valence-electron chi connectivity index (χ4n) is 1.76. The molecule has 4 nitrogen and oxygen atoms in total. The fourth-order valence-corrected chi connectivity index (χ4v) is 2.91. The summed E-state index contributed by atoms with van der Waals surface area (Å²) in [7, 11) is -3.82. The van der Waals surface area contributed by atoms with Gasteiger partial charge in [0.05, 0.1) is 15.6 Å². The largest absolute Gasteiger partial charge is 0.288 e. The molecule has 0 heterocycles. The summed E-state index contributed by atoms with van der Waals surface area (Å²) >= 11 is 5.68. The third-order valence-electron chi connectivity index (χ3n) is 2.99. The zero-order valence-corrected chi connectivity index (χ0v) is 13.1. The number of halogens is 1. The van der Waals surface area contributed by atoms with Crippen molar-refractivity contribution < 1.29 is 13.2 Å². The Kier molecular flexibility index (Phi) is 4.44. The first kappa shape index (κ1) is 15.7. The first-order valence-corrected chi connectivity index (χ1v) is 8.16. The number of ketones is 1. The van der Waals surface area contributed by atoms with Crippen molar-refractivity contribution in [2.75, 3.05) is 0 Å². The summed E-state index contributed by atoms with van der Waals surface area (Å²) < 4.78 is 28.1. The van der Waals surface area contributed by atoms with Gasteiger partial charge in [-0.3, -0.25) is 4.79 Å². The molecule has 0 spiro atoms. The Morgan fingerprint density at radius 1 is 1.10 bits per heavy atom. The van der Waals surface area contributed by atoms with Crippen LogP contribution in [0.1, 0.15) is 25.3 Å². The van der Waals surface area contributed by atoms with Gasteiger partial charge < -0.3 is 0 Å². The first-order valence-electron chi connectivity index (χ1n) is 6.34. The van der Waals surface area contributed by atoms with E-state index in [4.69, 9.17) is 11.6 Å². The van der Waals surface area contributed by atoms with Crippen molar-refractivity contribution in [2.45, 2.75) is 24.7 Å². The Morgan fingerprint density at radius 2 is 1.71 bits per heavy atom. The lowest BCUT2D eigenvalue weighted by atomic mass is 10.0. The van der Waals surface area contributed by atoms with E-state index < -0.39 is 10.0 Å². The highest BCUT2D eigenvalue weighted by Crippen LogP contribution is 2.20. The lowest BCUT2D eigenvalue weighted by Crippen LogP contribution is -2.07. The van der Waals surface area contributed by atoms with Gasteiger partial charge in [0.2, 0.25) is 0 Å². The van der Waals surface area contributed by atoms with Gasteiger partial charge in [0.25, 0.3) is 10.0 Å². The van der Waals surface area contributed by atoms with Crippen LogP contribution in [0.5, 0.6) is 0 Å². The Morgan fingerprint density at radius 3 is 2.24 bits per heavy atom. The number of carbonyl (C=O) groups is 1. The van der Waals surface area contributed by atoms with Gasteiger partial charge in [-0.1, -0.05) is 37.6 Å². The molecule has 0 amide bonds. The summed E-state index contributed by atoms with van der Waals surface area (Å²) in [6.07, 6.45) is 3.76. The van der Waals surface area contributed by atoms with E-state index in [1.54, 1.807) is 12.1 Å². The highest BCUT2D eigenvalue weighted by Gasteiger charge is 2.16. The molecule has 0 atom stereocenters. The van der Waals surface area contributed by atoms with Crippen LogP contribution in [-0.2, 0) is 14.8 Å². The Labute approximate surface area is 128 Å². The number of rotatable bonds is 3. The van der Waals surface area contributed by atoms with E-state index in [0.717, 1.165) is 5.56 Å². The van der Waals surface area contributed by atoms with Gasteiger partial charge in [0.15, 0.2) is 5.78 Å². The van der Waals surface area contributed by atoms with E-state index in [-0.39, 0.29) is 21.4 Å². The zero-order valence-electron chi connectivity index (χ0n) is 11.6. The number of carbonyl (C=O) groups excluding carboxylic acids is 1. The molecule has 6 heteroatoms. The van der Waals surface area contributed by atoms with Gasteiger partial charge in [-0.15, -0.1) is 0 Å². The van der Waals surface area contributed by atoms with Crippen LogP contribution in [0.3, 0.4) is 0 Å². The van der Waals surface area contributed by atoms with Gasteiger partial charge in [0.1, 0.15) is 0 Å². The summed E-state index contributed by atoms with van der Waals surface area (Å²) in [5.41, 5.74) is 1.18. The van der Waals surface area contributed by atoms with Crippen molar-refractivity contribution in [3.05, 3.63) is 53.1 Å². The lowest BCUT2D eigenvalue weighted by Gasteiger charge is -2.06. The lowest BCUT2D eigenvalue weighted by molar-refractivity contribution is -0.110. The highest BCUT2D eigenvalue weighted by molar-refractivity contribution is 7.90. The summed E-state index contributed by atoms with van der Waals surface area (Å²) in [6, 6.07) is 6.58. The molecule has 1 aliphatic carbocycles. The molecule has 2 rings (SSSR count). The maximum atomic E-state index is 12.2. The van der Waals surface area contributed by atoms with E-state index in [1.807, 2.05) is 13.8 Å². The molecule has 0 bridgehead atoms. The number of benzene rings is 1. The number of hydrogen-bond acceptors (Lipinski definition) is 3. The van der Waals surface area contributed by atoms with Crippen molar-refractivity contribution in [1.82, 2.24) is 0 Å². The fraction of sp³-hybridized carbons (Fsp3) is 0.200. The second-order valence-electron chi connectivity index (χ2n) is 4.90. The van der Waals surface area contributed by atoms with Gasteiger partial charge in [-0.2, -0.15) is 12.8 Å². The van der Waals surface area contributed by atoms with Crippen LogP contribution < -0.4 is 0 Å². The van der Waals surface area contributed by atoms with Crippen molar-refractivity contribution in [1.29, 1.82) is 0 Å². The van der Waals surface area contributed by atoms with Crippen LogP contribution in [0.2, 0.25) is 0 Å². The van der Waals surface area contributed by atoms with Crippen LogP contribution in [0, 0.1) is 0 Å². The first-order chi connectivity index (χ1) is 9.79. The van der Waals surface area contributed by atoms with Crippen LogP contribution in [-0.4, -0.2) is 19.9 Å². The second-order valence-corrected chi connectivity index (χ2v) is 6.92. The molecule has 0 N–H and O–H groups in total. The Bertz CT molecular complexity index is 757. The van der Waals surface area contributed by atoms with Gasteiger partial charge in [0, 0.05) is 0 Å². The van der Waals surface area contributed by atoms with Crippen molar-refractivity contribution in [3.63, 3.8) is 0 Å². The summed E-state index contributed by atoms with van der Waals surface area (Å²) in [5.74, 6) is -0.0450. The SMILES string of the molecule is CC(C)c1ccc(S(=O)(=O)/N=C2\C=CC(=O)C(Cl)=C2)cc1. The third-order valence-corrected chi connectivity index (χ3v) is 4.60. The minimum absolute atomic E-state index is 0.0541. The van der Waals surface area contributed by atoms with E-state index in [9.17, 15) is 13.2 Å². The zero-order chi connectivity index (χ0) is 15.6. The molecule has 0 fully saturated rings. The maximum absolute atomic E-state index is 12.2. The van der Waals surface area contributed by atoms with E-state index in [0.29, 0.717) is 5.92 Å². The topological polar surface area (TPSA) is 63.6 Å². The average Bonchev–Trinajstić information content (AvgIpc) is 2.43. The smallest absolute Gasteiger partial charge is 0.282 e. The van der Waals surface area contributed by atoms with Crippen molar-refractivity contribution in [3.8, 4) is 0 Å². The molecule has 1 aromatic rings. The summed E-state index contributed by atoms with van der Waals surface area (Å²) in [4.78, 5) is 11.3. The molecule has 0 radical (unpaired) electrons. The van der Waals surface area contributed by atoms with Gasteiger partial charge in [-0.25, -0.2) is 0 Å². The number of nitrogens with zero attached hydrogens (tertiary/aromatic N) is 1. The van der Waals surface area contributed by atoms with Crippen LogP contribution in [0.4, 0.5) is 0 Å². The quantitative estimate of drug-likeness (QED) is 0.802. The molecule has 0 aliphatic heterocycles. The molecular weight excluding hydrogens is 310 g/mol. The molecule has 0 unspecified atom stereocenters. The molecule has 21 heavy (non-hydrogen) atoms. The van der Waals surface area contributed by atoms with Crippen molar-refractivity contribution in [2.24, 2.45) is 4.40 Å². The molecule has 1 aromatic carbocycles. The molecule has 0 saturated heterocycles. The average molecular weight is 324 g/mol. The number of allylic oxidation sites excluding steroid dienone is 4. The molecule has 110 valence electrons. The molecule has 0 saturated carbocycles. The van der Waals surface area contributed by atoms with E-state index in [2.05, 4.69) is 4.40 Å². The normalized spacial score (nSPS) is 17.4. The minimum atomic E-state index is -3.82. The standard InChI is InChI=1S/C15H14ClNO3S/c1-10(2)11-3-6-13(7-4-11)21(19,20)17-12-5-8-15(18)14(16)9-12/h3-10H,1-2H3/b17-12+. The summed E-state index contributed by atoms with van der Waals surface area (Å²) in [5, 5.41) is -0.0541. The maximum Gasteiger partial charge on any atom is 0.282 e. The van der Waals surface area contributed by atoms with Crippen LogP contribution in [0.25, 0.3) is 0 Å². The monoisotopic (exact) mass is 323 g/mol. The Balaban J connectivity index is 2.35. The number of hydrogen-bond donors (Lipinski definition) is 0. The van der Waals surface area contributed by atoms with Crippen LogP contribution >= 0.6 is 11.6 Å². The second kappa shape index (κ2) is 5.95. The minimum Gasteiger partial charge on any atom is -0.288 e. The van der Waals surface area contributed by atoms with Crippen LogP contribution in [0.15, 0.2) is 56.8 Å². The van der Waals surface area contributed by atoms with Gasteiger partial charge >= 0.3 is 0 Å². The van der Waals surface area contributed by atoms with Crippen molar-refractivity contribution >= 4 is 33.1 Å². The van der Waals surface area contributed by atoms with Gasteiger partial charge in [-0.05, 0) is 41.8 Å². The van der Waals surface area contributed by atoms with E-state index >= 15 is 0 Å². The highest BCUT2D eigenvalue weighted by atomic mass is 35.5. The molecule has 0 aromatic heterocycles. The number of sulfonamides is 1. The third kappa shape index (κ3) is 3.68. The molecule has 1 aliphatic rings. The predicted octanol–water partition coefficient (Wildman–Crippen LogP) is 3.20. The van der Waals surface area contributed by atoms with E-state index in [1.165, 1.54) is 30.4 Å².